The molecule has 10 heavy (non-hydrogen) atoms. The van der Waals surface area contributed by atoms with Crippen LogP contribution in [0.3, 0.4) is 0 Å². The molecule has 1 rings (SSSR count). The fourth-order valence-electron chi connectivity index (χ4n) is 1.09. The first kappa shape index (κ1) is 7.54. The Labute approximate surface area is 60.3 Å². The molecule has 1 saturated heterocycles. The molecule has 1 aliphatic heterocycles. The van der Waals surface area contributed by atoms with Gasteiger partial charge in [0.15, 0.2) is 0 Å². The normalized spacial score (nSPS) is 25.9. The first-order chi connectivity index (χ1) is 4.84. The minimum Gasteiger partial charge on any atom is -0.469 e. The molecule has 0 bridgehead atoms. The second-order valence-electron chi connectivity index (χ2n) is 2.44. The Balaban J connectivity index is 2.31. The highest BCUT2D eigenvalue weighted by Gasteiger charge is 2.21. The van der Waals surface area contributed by atoms with Gasteiger partial charge in [0.05, 0.1) is 19.6 Å². The largest absolute Gasteiger partial charge is 0.469 e. The van der Waals surface area contributed by atoms with E-state index in [0.29, 0.717) is 6.61 Å². The lowest BCUT2D eigenvalue weighted by Crippen LogP contribution is -2.25. The molecule has 3 heteroatoms. The lowest BCUT2D eigenvalue weighted by molar-refractivity contribution is -0.149. The predicted octanol–water partition coefficient (Wildman–Crippen LogP) is 0.586. The maximum Gasteiger partial charge on any atom is 0.311 e. The zero-order chi connectivity index (χ0) is 7.40. The van der Waals surface area contributed by atoms with E-state index in [1.54, 1.807) is 0 Å². The van der Waals surface area contributed by atoms with Crippen LogP contribution in [0.4, 0.5) is 0 Å². The van der Waals surface area contributed by atoms with Crippen LogP contribution in [0.5, 0.6) is 0 Å². The highest BCUT2D eigenvalue weighted by molar-refractivity contribution is 5.72. The van der Waals surface area contributed by atoms with Gasteiger partial charge in [0.2, 0.25) is 0 Å². The minimum atomic E-state index is -0.139. The van der Waals surface area contributed by atoms with Crippen molar-refractivity contribution in [2.75, 3.05) is 20.3 Å². The molecule has 3 nitrogen and oxygen atoms in total. The third kappa shape index (κ3) is 1.70. The van der Waals surface area contributed by atoms with Crippen molar-refractivity contribution in [3.05, 3.63) is 0 Å². The van der Waals surface area contributed by atoms with Gasteiger partial charge < -0.3 is 9.47 Å². The van der Waals surface area contributed by atoms with Crippen molar-refractivity contribution in [1.82, 2.24) is 0 Å². The van der Waals surface area contributed by atoms with Crippen LogP contribution in [0.1, 0.15) is 12.8 Å². The highest BCUT2D eigenvalue weighted by atomic mass is 16.5. The monoisotopic (exact) mass is 144 g/mol. The standard InChI is InChI=1S/C7H12O3/c1-9-7(8)6-3-2-4-10-5-6/h6H,2-5H2,1H3/t6-/m1/s1. The van der Waals surface area contributed by atoms with Gasteiger partial charge >= 0.3 is 5.97 Å². The summed E-state index contributed by atoms with van der Waals surface area (Å²) in [6.07, 6.45) is 1.88. The van der Waals surface area contributed by atoms with E-state index in [0.717, 1.165) is 19.4 Å². The van der Waals surface area contributed by atoms with Crippen molar-refractivity contribution in [3.8, 4) is 0 Å². The van der Waals surface area contributed by atoms with Gasteiger partial charge in [-0.2, -0.15) is 0 Å². The summed E-state index contributed by atoms with van der Waals surface area (Å²) in [6.45, 7) is 1.32. The Morgan fingerprint density at radius 1 is 1.70 bits per heavy atom. The molecule has 0 spiro atoms. The third-order valence-electron chi connectivity index (χ3n) is 1.69. The summed E-state index contributed by atoms with van der Waals surface area (Å²) in [5.41, 5.74) is 0. The molecular weight excluding hydrogens is 132 g/mol. The molecule has 0 unspecified atom stereocenters. The molecule has 0 saturated carbocycles. The third-order valence-corrected chi connectivity index (χ3v) is 1.69. The first-order valence-electron chi connectivity index (χ1n) is 3.50. The van der Waals surface area contributed by atoms with Crippen molar-refractivity contribution >= 4 is 5.97 Å². The lowest BCUT2D eigenvalue weighted by Gasteiger charge is -2.19. The number of rotatable bonds is 1. The van der Waals surface area contributed by atoms with Crippen molar-refractivity contribution in [3.63, 3.8) is 0 Å². The summed E-state index contributed by atoms with van der Waals surface area (Å²) in [4.78, 5) is 10.9. The molecule has 0 aromatic heterocycles. The van der Waals surface area contributed by atoms with Crippen molar-refractivity contribution in [1.29, 1.82) is 0 Å². The molecule has 0 amide bonds. The Morgan fingerprint density at radius 3 is 3.00 bits per heavy atom. The number of esters is 1. The topological polar surface area (TPSA) is 35.5 Å². The van der Waals surface area contributed by atoms with Gasteiger partial charge in [-0.25, -0.2) is 0 Å². The Kier molecular flexibility index (Phi) is 2.68. The number of ether oxygens (including phenoxy) is 2. The maximum absolute atomic E-state index is 10.9. The van der Waals surface area contributed by atoms with Gasteiger partial charge in [0.1, 0.15) is 0 Å². The van der Waals surface area contributed by atoms with Crippen LogP contribution >= 0.6 is 0 Å². The highest BCUT2D eigenvalue weighted by Crippen LogP contribution is 2.14. The molecule has 58 valence electrons. The van der Waals surface area contributed by atoms with E-state index in [4.69, 9.17) is 4.74 Å². The number of methoxy groups -OCH3 is 1. The molecule has 1 aliphatic rings. The van der Waals surface area contributed by atoms with Crippen LogP contribution in [0.25, 0.3) is 0 Å². The van der Waals surface area contributed by atoms with E-state index in [9.17, 15) is 4.79 Å². The van der Waals surface area contributed by atoms with E-state index in [1.807, 2.05) is 0 Å². The molecule has 0 aliphatic carbocycles. The zero-order valence-corrected chi connectivity index (χ0v) is 6.13. The molecule has 0 aromatic carbocycles. The molecule has 0 radical (unpaired) electrons. The van der Waals surface area contributed by atoms with Crippen LogP contribution in [0.15, 0.2) is 0 Å². The summed E-state index contributed by atoms with van der Waals surface area (Å²) >= 11 is 0. The Bertz CT molecular complexity index is 116. The summed E-state index contributed by atoms with van der Waals surface area (Å²) in [5, 5.41) is 0. The van der Waals surface area contributed by atoms with Crippen LogP contribution in [-0.2, 0) is 14.3 Å². The average Bonchev–Trinajstić information content (AvgIpc) is 2.05. The van der Waals surface area contributed by atoms with E-state index >= 15 is 0 Å². The van der Waals surface area contributed by atoms with Crippen LogP contribution in [0.2, 0.25) is 0 Å². The quantitative estimate of drug-likeness (QED) is 0.505. The second kappa shape index (κ2) is 3.56. The molecule has 1 heterocycles. The van der Waals surface area contributed by atoms with Gasteiger partial charge in [-0.05, 0) is 12.8 Å². The summed E-state index contributed by atoms with van der Waals surface area (Å²) in [5.74, 6) is -0.154. The fourth-order valence-corrected chi connectivity index (χ4v) is 1.09. The van der Waals surface area contributed by atoms with Gasteiger partial charge in [-0.15, -0.1) is 0 Å². The Morgan fingerprint density at radius 2 is 2.50 bits per heavy atom. The number of hydrogen-bond donors (Lipinski definition) is 0. The van der Waals surface area contributed by atoms with E-state index in [-0.39, 0.29) is 11.9 Å². The first-order valence-corrected chi connectivity index (χ1v) is 3.50. The van der Waals surface area contributed by atoms with E-state index < -0.39 is 0 Å². The minimum absolute atomic E-state index is 0.0150. The predicted molar refractivity (Wildman–Crippen MR) is 35.6 cm³/mol. The molecule has 0 N–H and O–H groups in total. The zero-order valence-electron chi connectivity index (χ0n) is 6.13. The van der Waals surface area contributed by atoms with Gasteiger partial charge in [-0.3, -0.25) is 4.79 Å². The van der Waals surface area contributed by atoms with Crippen LogP contribution in [0, 0.1) is 5.92 Å². The van der Waals surface area contributed by atoms with E-state index in [2.05, 4.69) is 4.74 Å². The van der Waals surface area contributed by atoms with Crippen molar-refractivity contribution < 1.29 is 14.3 Å². The van der Waals surface area contributed by atoms with Crippen LogP contribution < -0.4 is 0 Å². The SMILES string of the molecule is COC(=O)[C@@H]1CCCOC1. The van der Waals surface area contributed by atoms with Crippen LogP contribution in [-0.4, -0.2) is 26.3 Å². The molecular formula is C7H12O3. The summed E-state index contributed by atoms with van der Waals surface area (Å²) < 4.78 is 9.67. The molecule has 0 aromatic rings. The Hall–Kier alpha value is -0.570. The lowest BCUT2D eigenvalue weighted by atomic mass is 10.0. The molecule has 1 atom stereocenters. The smallest absolute Gasteiger partial charge is 0.311 e. The van der Waals surface area contributed by atoms with Gasteiger partial charge in [0, 0.05) is 6.61 Å². The number of hydrogen-bond acceptors (Lipinski definition) is 3. The van der Waals surface area contributed by atoms with Crippen molar-refractivity contribution in [2.24, 2.45) is 5.92 Å². The average molecular weight is 144 g/mol. The maximum atomic E-state index is 10.9. The van der Waals surface area contributed by atoms with Gasteiger partial charge in [-0.1, -0.05) is 0 Å². The van der Waals surface area contributed by atoms with Crippen molar-refractivity contribution in [2.45, 2.75) is 12.8 Å². The number of carbonyl (C=O) groups is 1. The fraction of sp³-hybridized carbons (Fsp3) is 0.857. The molecule has 1 fully saturated rings. The second-order valence-corrected chi connectivity index (χ2v) is 2.44. The number of carbonyl (C=O) groups excluding carboxylic acids is 1. The summed E-state index contributed by atoms with van der Waals surface area (Å²) in [6, 6.07) is 0. The van der Waals surface area contributed by atoms with Gasteiger partial charge in [0.25, 0.3) is 0 Å². The summed E-state index contributed by atoms with van der Waals surface area (Å²) in [7, 11) is 1.41. The van der Waals surface area contributed by atoms with E-state index in [1.165, 1.54) is 7.11 Å².